The van der Waals surface area contributed by atoms with Crippen molar-refractivity contribution >= 4 is 78.3 Å². The number of amides is 3. The second-order valence-electron chi connectivity index (χ2n) is 11.5. The van der Waals surface area contributed by atoms with E-state index in [1.54, 1.807) is 56.8 Å². The lowest BCUT2D eigenvalue weighted by Crippen LogP contribution is -2.35. The largest absolute Gasteiger partial charge is 0.426 e. The second kappa shape index (κ2) is 14.4. The number of H-pyrrole nitrogens is 1. The van der Waals surface area contributed by atoms with Crippen LogP contribution >= 0.6 is 21.6 Å². The number of hydrogen-bond acceptors (Lipinski definition) is 8. The van der Waals surface area contributed by atoms with Crippen LogP contribution in [0.15, 0.2) is 90.2 Å². The van der Waals surface area contributed by atoms with Gasteiger partial charge in [0, 0.05) is 65.5 Å². The van der Waals surface area contributed by atoms with E-state index >= 15 is 0 Å². The Morgan fingerprint density at radius 1 is 1.10 bits per heavy atom. The molecule has 48 heavy (non-hydrogen) atoms. The molecule has 1 aliphatic carbocycles. The summed E-state index contributed by atoms with van der Waals surface area (Å²) in [7, 11) is 3.27. The topological polar surface area (TPSA) is 147 Å². The first-order valence-corrected chi connectivity index (χ1v) is 18.2. The zero-order valence-corrected chi connectivity index (χ0v) is 28.1. The number of carbonyl (C=O) groups excluding carboxylic acids is 4. The van der Waals surface area contributed by atoms with Crippen LogP contribution in [0.5, 0.6) is 5.75 Å². The Labute approximate surface area is 285 Å². The number of allylic oxidation sites excluding steroid dienone is 1. The Bertz CT molecular complexity index is 2030. The highest BCUT2D eigenvalue weighted by Crippen LogP contribution is 2.41. The number of carbonyl (C=O) groups is 4. The third-order valence-corrected chi connectivity index (χ3v) is 10.00. The van der Waals surface area contributed by atoms with Crippen molar-refractivity contribution in [2.45, 2.75) is 32.2 Å². The number of aromatic nitrogens is 1. The molecule has 0 fully saturated rings. The molecule has 4 aromatic rings. The lowest BCUT2D eigenvalue weighted by Gasteiger charge is -2.19. The SMILES string of the molecule is CSSCCC(=O)NC1C=C(/C=C/C(=O)Nc2ccc3[nH]c(C(=O)N4CCc5c4cc(OC(C)=O)c4ccccc54)cc3c2)C(N)=CC1. The summed E-state index contributed by atoms with van der Waals surface area (Å²) in [4.78, 5) is 55.6. The van der Waals surface area contributed by atoms with E-state index in [2.05, 4.69) is 15.6 Å². The number of nitrogens with zero attached hydrogens (tertiary/aromatic N) is 1. The summed E-state index contributed by atoms with van der Waals surface area (Å²) in [5.41, 5.74) is 10.8. The van der Waals surface area contributed by atoms with Gasteiger partial charge in [0.25, 0.3) is 5.91 Å². The summed E-state index contributed by atoms with van der Waals surface area (Å²) in [6.45, 7) is 1.85. The van der Waals surface area contributed by atoms with E-state index in [4.69, 9.17) is 10.5 Å². The van der Waals surface area contributed by atoms with E-state index in [0.717, 1.165) is 38.7 Å². The number of esters is 1. The molecule has 246 valence electrons. The molecule has 2 aliphatic rings. The number of nitrogens with two attached hydrogens (primary N) is 1. The standard InChI is InChI=1S/C36H35N5O5S2/c1-21(42)46-33-20-32-27(26-5-3-4-6-28(26)33)13-15-41(32)36(45)31-19-23-18-25(9-11-30(23)40-31)38-34(43)12-7-22-17-24(8-10-29(22)37)39-35(44)14-16-48-47-2/h3-7,9-12,17-20,24,40H,8,13-16,37H2,1-2H3,(H,38,43)(H,39,44)/b12-7+. The third kappa shape index (κ3) is 7.29. The van der Waals surface area contributed by atoms with Gasteiger partial charge in [0.05, 0.1) is 11.7 Å². The number of nitrogens with one attached hydrogen (secondary N) is 3. The second-order valence-corrected chi connectivity index (χ2v) is 14.1. The van der Waals surface area contributed by atoms with Gasteiger partial charge in [-0.2, -0.15) is 0 Å². The van der Waals surface area contributed by atoms with E-state index in [0.29, 0.717) is 54.2 Å². The van der Waals surface area contributed by atoms with Crippen molar-refractivity contribution in [2.75, 3.05) is 28.8 Å². The highest BCUT2D eigenvalue weighted by atomic mass is 33.1. The highest BCUT2D eigenvalue weighted by molar-refractivity contribution is 8.76. The summed E-state index contributed by atoms with van der Waals surface area (Å²) in [6, 6.07) is 16.4. The van der Waals surface area contributed by atoms with E-state index in [9.17, 15) is 19.2 Å². The lowest BCUT2D eigenvalue weighted by atomic mass is 9.99. The summed E-state index contributed by atoms with van der Waals surface area (Å²) in [5.74, 6) is 0.157. The fourth-order valence-electron chi connectivity index (χ4n) is 6.01. The van der Waals surface area contributed by atoms with Crippen LogP contribution in [0.2, 0.25) is 0 Å². The molecule has 6 rings (SSSR count). The molecule has 0 saturated carbocycles. The maximum atomic E-state index is 13.8. The van der Waals surface area contributed by atoms with E-state index in [1.165, 1.54) is 13.0 Å². The summed E-state index contributed by atoms with van der Waals surface area (Å²) < 4.78 is 5.52. The smallest absolute Gasteiger partial charge is 0.308 e. The first-order valence-electron chi connectivity index (χ1n) is 15.5. The van der Waals surface area contributed by atoms with Gasteiger partial charge in [0.1, 0.15) is 11.4 Å². The molecule has 0 saturated heterocycles. The number of rotatable bonds is 10. The van der Waals surface area contributed by atoms with Crippen LogP contribution in [0, 0.1) is 0 Å². The number of fused-ring (bicyclic) bond motifs is 4. The summed E-state index contributed by atoms with van der Waals surface area (Å²) >= 11 is 0. The van der Waals surface area contributed by atoms with Crippen molar-refractivity contribution in [1.29, 1.82) is 0 Å². The molecule has 12 heteroatoms. The van der Waals surface area contributed by atoms with E-state index in [-0.39, 0.29) is 23.8 Å². The molecule has 5 N–H and O–H groups in total. The van der Waals surface area contributed by atoms with Gasteiger partial charge >= 0.3 is 5.97 Å². The highest BCUT2D eigenvalue weighted by Gasteiger charge is 2.29. The van der Waals surface area contributed by atoms with Gasteiger partial charge in [-0.05, 0) is 66.0 Å². The fourth-order valence-corrected chi connectivity index (χ4v) is 7.19. The number of ether oxygens (including phenoxy) is 1. The molecule has 10 nitrogen and oxygen atoms in total. The molecule has 3 aromatic carbocycles. The van der Waals surface area contributed by atoms with Crippen molar-refractivity contribution in [3.05, 3.63) is 101 Å². The van der Waals surface area contributed by atoms with Crippen molar-refractivity contribution in [3.8, 4) is 5.75 Å². The Morgan fingerprint density at radius 3 is 2.71 bits per heavy atom. The molecular formula is C36H35N5O5S2. The fraction of sp³-hybridized carbons (Fsp3) is 0.222. The lowest BCUT2D eigenvalue weighted by molar-refractivity contribution is -0.131. The predicted molar refractivity (Wildman–Crippen MR) is 194 cm³/mol. The first kappa shape index (κ1) is 33.0. The minimum absolute atomic E-state index is 0.0231. The van der Waals surface area contributed by atoms with Crippen LogP contribution in [-0.4, -0.2) is 53.3 Å². The quantitative estimate of drug-likeness (QED) is 0.0524. The van der Waals surface area contributed by atoms with Gasteiger partial charge < -0.3 is 31.0 Å². The molecule has 0 spiro atoms. The Balaban J connectivity index is 1.14. The minimum Gasteiger partial charge on any atom is -0.426 e. The molecule has 1 aliphatic heterocycles. The van der Waals surface area contributed by atoms with Crippen LogP contribution in [0.4, 0.5) is 11.4 Å². The molecule has 3 amide bonds. The molecular weight excluding hydrogens is 647 g/mol. The van der Waals surface area contributed by atoms with Gasteiger partial charge in [0.2, 0.25) is 11.8 Å². The first-order chi connectivity index (χ1) is 23.2. The van der Waals surface area contributed by atoms with Crippen LogP contribution in [0.1, 0.15) is 35.8 Å². The Hall–Kier alpha value is -4.94. The molecule has 1 unspecified atom stereocenters. The van der Waals surface area contributed by atoms with Crippen molar-refractivity contribution < 1.29 is 23.9 Å². The number of anilines is 2. The average Bonchev–Trinajstić information content (AvgIpc) is 3.69. The zero-order valence-electron chi connectivity index (χ0n) is 26.5. The van der Waals surface area contributed by atoms with Gasteiger partial charge in [-0.3, -0.25) is 19.2 Å². The van der Waals surface area contributed by atoms with Crippen LogP contribution < -0.4 is 26.0 Å². The number of aromatic amines is 1. The van der Waals surface area contributed by atoms with E-state index in [1.807, 2.05) is 48.7 Å². The van der Waals surface area contributed by atoms with Crippen molar-refractivity contribution in [2.24, 2.45) is 5.73 Å². The summed E-state index contributed by atoms with van der Waals surface area (Å²) in [6.07, 6.45) is 10.4. The molecule has 1 atom stereocenters. The molecule has 1 aromatic heterocycles. The molecule has 2 heterocycles. The van der Waals surface area contributed by atoms with E-state index < -0.39 is 5.97 Å². The van der Waals surface area contributed by atoms with Crippen LogP contribution in [-0.2, 0) is 20.8 Å². The van der Waals surface area contributed by atoms with Gasteiger partial charge in [-0.15, -0.1) is 0 Å². The third-order valence-electron chi connectivity index (χ3n) is 8.19. The zero-order chi connectivity index (χ0) is 33.8. The summed E-state index contributed by atoms with van der Waals surface area (Å²) in [5, 5.41) is 8.41. The average molecular weight is 682 g/mol. The minimum atomic E-state index is -0.428. The maximum absolute atomic E-state index is 13.8. The maximum Gasteiger partial charge on any atom is 0.308 e. The molecule has 0 bridgehead atoms. The number of hydrogen-bond donors (Lipinski definition) is 4. The molecule has 0 radical (unpaired) electrons. The Kier molecular flexibility index (Phi) is 9.93. The Morgan fingerprint density at radius 2 is 1.92 bits per heavy atom. The monoisotopic (exact) mass is 681 g/mol. The van der Waals surface area contributed by atoms with Gasteiger partial charge in [-0.1, -0.05) is 58.0 Å². The number of benzene rings is 3. The predicted octanol–water partition coefficient (Wildman–Crippen LogP) is 6.00. The van der Waals surface area contributed by atoms with Gasteiger partial charge in [-0.25, -0.2) is 0 Å². The van der Waals surface area contributed by atoms with Crippen LogP contribution in [0.25, 0.3) is 21.7 Å². The van der Waals surface area contributed by atoms with Gasteiger partial charge in [0.15, 0.2) is 0 Å². The normalized spacial score (nSPS) is 15.7. The van der Waals surface area contributed by atoms with Crippen molar-refractivity contribution in [1.82, 2.24) is 10.3 Å². The van der Waals surface area contributed by atoms with Crippen molar-refractivity contribution in [3.63, 3.8) is 0 Å². The van der Waals surface area contributed by atoms with Crippen LogP contribution in [0.3, 0.4) is 0 Å².